The summed E-state index contributed by atoms with van der Waals surface area (Å²) in [5, 5.41) is 14.6. The third-order valence-electron chi connectivity index (χ3n) is 6.55. The molecule has 1 saturated heterocycles. The standard InChI is InChI=1S/C24H35N3O4/c1-5-26-11-13-27(14-12-26)10-6-9-25-23(29)22-16(2)20-18(30-22)7-8-19-21(20)17(28)15-24(3,4)31-19/h7-8,17,28H,5-6,9-15H2,1-4H3,(H,25,29). The second-order valence-corrected chi connectivity index (χ2v) is 9.37. The molecule has 0 spiro atoms. The maximum atomic E-state index is 12.8. The SMILES string of the molecule is CCN1CCN(CCCNC(=O)c2oc3ccc4c(c3c2C)C(O)CC(C)(C)O4)CC1. The van der Waals surface area contributed by atoms with Gasteiger partial charge in [0.25, 0.3) is 5.91 Å². The fourth-order valence-corrected chi connectivity index (χ4v) is 4.81. The Hall–Kier alpha value is -2.09. The van der Waals surface area contributed by atoms with Gasteiger partial charge in [-0.1, -0.05) is 6.92 Å². The molecule has 7 nitrogen and oxygen atoms in total. The van der Waals surface area contributed by atoms with Crippen LogP contribution >= 0.6 is 0 Å². The summed E-state index contributed by atoms with van der Waals surface area (Å²) in [4.78, 5) is 17.7. The fraction of sp³-hybridized carbons (Fsp3) is 0.625. The maximum Gasteiger partial charge on any atom is 0.287 e. The highest BCUT2D eigenvalue weighted by atomic mass is 16.5. The number of piperazine rings is 1. The van der Waals surface area contributed by atoms with Crippen LogP contribution < -0.4 is 10.1 Å². The Labute approximate surface area is 184 Å². The van der Waals surface area contributed by atoms with E-state index < -0.39 is 11.7 Å². The van der Waals surface area contributed by atoms with Gasteiger partial charge in [0, 0.05) is 55.7 Å². The van der Waals surface area contributed by atoms with E-state index in [-0.39, 0.29) is 5.91 Å². The number of rotatable bonds is 6. The highest BCUT2D eigenvalue weighted by molar-refractivity contribution is 6.00. The van der Waals surface area contributed by atoms with Crippen molar-refractivity contribution < 1.29 is 19.1 Å². The smallest absolute Gasteiger partial charge is 0.287 e. The quantitative estimate of drug-likeness (QED) is 0.687. The summed E-state index contributed by atoms with van der Waals surface area (Å²) in [7, 11) is 0. The molecule has 1 aromatic carbocycles. The van der Waals surface area contributed by atoms with E-state index >= 15 is 0 Å². The lowest BCUT2D eigenvalue weighted by molar-refractivity contribution is 0.0126. The summed E-state index contributed by atoms with van der Waals surface area (Å²) in [6.45, 7) is 15.2. The Kier molecular flexibility index (Phi) is 6.28. The molecule has 0 bridgehead atoms. The highest BCUT2D eigenvalue weighted by Gasteiger charge is 2.35. The van der Waals surface area contributed by atoms with Gasteiger partial charge in [-0.3, -0.25) is 4.79 Å². The van der Waals surface area contributed by atoms with Gasteiger partial charge >= 0.3 is 0 Å². The van der Waals surface area contributed by atoms with Crippen molar-refractivity contribution in [2.75, 3.05) is 45.8 Å². The number of hydrogen-bond acceptors (Lipinski definition) is 6. The van der Waals surface area contributed by atoms with E-state index in [2.05, 4.69) is 22.0 Å². The van der Waals surface area contributed by atoms with Crippen molar-refractivity contribution in [3.8, 4) is 5.75 Å². The molecule has 2 aliphatic rings. The highest BCUT2D eigenvalue weighted by Crippen LogP contribution is 2.45. The molecule has 1 amide bonds. The molecule has 2 aromatic rings. The van der Waals surface area contributed by atoms with Crippen LogP contribution in [-0.4, -0.2) is 72.2 Å². The van der Waals surface area contributed by atoms with Crippen LogP contribution in [0.15, 0.2) is 16.5 Å². The molecule has 2 aliphatic heterocycles. The summed E-state index contributed by atoms with van der Waals surface area (Å²) in [5.41, 5.74) is 1.66. The van der Waals surface area contributed by atoms with Gasteiger partial charge in [0.2, 0.25) is 0 Å². The lowest BCUT2D eigenvalue weighted by atomic mass is 9.89. The van der Waals surface area contributed by atoms with E-state index in [1.165, 1.54) is 0 Å². The van der Waals surface area contributed by atoms with Crippen LogP contribution in [0.3, 0.4) is 0 Å². The van der Waals surface area contributed by atoms with E-state index in [1.54, 1.807) is 0 Å². The molecule has 1 atom stereocenters. The minimum absolute atomic E-state index is 0.204. The number of furan rings is 1. The van der Waals surface area contributed by atoms with E-state index in [4.69, 9.17) is 9.15 Å². The zero-order valence-corrected chi connectivity index (χ0v) is 19.2. The maximum absolute atomic E-state index is 12.8. The lowest BCUT2D eigenvalue weighted by Crippen LogP contribution is -2.46. The van der Waals surface area contributed by atoms with Gasteiger partial charge in [-0.25, -0.2) is 0 Å². The first-order valence-electron chi connectivity index (χ1n) is 11.4. The van der Waals surface area contributed by atoms with Crippen molar-refractivity contribution in [1.82, 2.24) is 15.1 Å². The number of carbonyl (C=O) groups is 1. The van der Waals surface area contributed by atoms with Crippen LogP contribution in [0.2, 0.25) is 0 Å². The van der Waals surface area contributed by atoms with Gasteiger partial charge in [-0.15, -0.1) is 0 Å². The zero-order chi connectivity index (χ0) is 22.2. The molecule has 0 saturated carbocycles. The molecule has 2 N–H and O–H groups in total. The Morgan fingerprint density at radius 1 is 1.23 bits per heavy atom. The molecular weight excluding hydrogens is 394 g/mol. The number of amides is 1. The number of fused-ring (bicyclic) bond motifs is 3. The average molecular weight is 430 g/mol. The lowest BCUT2D eigenvalue weighted by Gasteiger charge is -2.35. The summed E-state index contributed by atoms with van der Waals surface area (Å²) in [6, 6.07) is 3.65. The predicted molar refractivity (Wildman–Crippen MR) is 121 cm³/mol. The Balaban J connectivity index is 1.40. The van der Waals surface area contributed by atoms with Gasteiger partial charge in [-0.2, -0.15) is 0 Å². The largest absolute Gasteiger partial charge is 0.487 e. The number of nitrogens with zero attached hydrogens (tertiary/aromatic N) is 2. The van der Waals surface area contributed by atoms with Crippen LogP contribution in [0.4, 0.5) is 0 Å². The summed E-state index contributed by atoms with van der Waals surface area (Å²) in [5.74, 6) is 0.775. The molecule has 3 heterocycles. The summed E-state index contributed by atoms with van der Waals surface area (Å²) in [6.07, 6.45) is 0.759. The minimum atomic E-state index is -0.650. The molecular formula is C24H35N3O4. The zero-order valence-electron chi connectivity index (χ0n) is 19.2. The molecule has 0 radical (unpaired) electrons. The Morgan fingerprint density at radius 3 is 2.65 bits per heavy atom. The summed E-state index contributed by atoms with van der Waals surface area (Å²) < 4.78 is 12.0. The van der Waals surface area contributed by atoms with Gasteiger partial charge < -0.3 is 29.4 Å². The second kappa shape index (κ2) is 8.81. The van der Waals surface area contributed by atoms with Gasteiger partial charge in [0.1, 0.15) is 16.9 Å². The van der Waals surface area contributed by atoms with Gasteiger partial charge in [0.15, 0.2) is 5.76 Å². The normalized spacial score (nSPS) is 21.6. The van der Waals surface area contributed by atoms with E-state index in [1.807, 2.05) is 32.9 Å². The molecule has 31 heavy (non-hydrogen) atoms. The summed E-state index contributed by atoms with van der Waals surface area (Å²) >= 11 is 0. The third kappa shape index (κ3) is 4.59. The third-order valence-corrected chi connectivity index (χ3v) is 6.55. The first-order valence-corrected chi connectivity index (χ1v) is 11.4. The van der Waals surface area contributed by atoms with Gasteiger partial charge in [0.05, 0.1) is 6.10 Å². The molecule has 7 heteroatoms. The molecule has 1 aromatic heterocycles. The van der Waals surface area contributed by atoms with Crippen molar-refractivity contribution in [1.29, 1.82) is 0 Å². The minimum Gasteiger partial charge on any atom is -0.487 e. The number of nitrogens with one attached hydrogen (secondary N) is 1. The topological polar surface area (TPSA) is 78.2 Å². The van der Waals surface area contributed by atoms with Gasteiger partial charge in [-0.05, 0) is 52.4 Å². The predicted octanol–water partition coefficient (Wildman–Crippen LogP) is 3.09. The van der Waals surface area contributed by atoms with Crippen molar-refractivity contribution in [2.24, 2.45) is 0 Å². The first kappa shape index (κ1) is 22.1. The second-order valence-electron chi connectivity index (χ2n) is 9.37. The number of carbonyl (C=O) groups excluding carboxylic acids is 1. The molecule has 1 unspecified atom stereocenters. The van der Waals surface area contributed by atoms with Crippen molar-refractivity contribution in [2.45, 2.75) is 52.2 Å². The van der Waals surface area contributed by atoms with Crippen LogP contribution in [0, 0.1) is 6.92 Å². The molecule has 170 valence electrons. The number of aliphatic hydroxyl groups excluding tert-OH is 1. The van der Waals surface area contributed by atoms with Crippen molar-refractivity contribution >= 4 is 16.9 Å². The average Bonchev–Trinajstić information content (AvgIpc) is 3.07. The number of aliphatic hydroxyl groups is 1. The fourth-order valence-electron chi connectivity index (χ4n) is 4.81. The Bertz CT molecular complexity index is 944. The Morgan fingerprint density at radius 2 is 1.94 bits per heavy atom. The van der Waals surface area contributed by atoms with Crippen LogP contribution in [0.5, 0.6) is 5.75 Å². The molecule has 1 fully saturated rings. The molecule has 4 rings (SSSR count). The molecule has 0 aliphatic carbocycles. The van der Waals surface area contributed by atoms with E-state index in [0.717, 1.165) is 62.2 Å². The first-order chi connectivity index (χ1) is 14.8. The van der Waals surface area contributed by atoms with E-state index in [0.29, 0.717) is 30.1 Å². The number of aryl methyl sites for hydroxylation is 1. The van der Waals surface area contributed by atoms with Crippen LogP contribution in [0.1, 0.15) is 61.4 Å². The number of hydrogen-bond donors (Lipinski definition) is 2. The van der Waals surface area contributed by atoms with Crippen molar-refractivity contribution in [3.63, 3.8) is 0 Å². The number of benzene rings is 1. The van der Waals surface area contributed by atoms with Crippen molar-refractivity contribution in [3.05, 3.63) is 29.0 Å². The monoisotopic (exact) mass is 429 g/mol. The van der Waals surface area contributed by atoms with Crippen LogP contribution in [0.25, 0.3) is 11.0 Å². The van der Waals surface area contributed by atoms with Crippen LogP contribution in [-0.2, 0) is 0 Å². The number of ether oxygens (including phenoxy) is 1. The van der Waals surface area contributed by atoms with E-state index in [9.17, 15) is 9.90 Å². The number of likely N-dealkylation sites (N-methyl/N-ethyl adjacent to an activating group) is 1.